The molecule has 0 aromatic rings. The summed E-state index contributed by atoms with van der Waals surface area (Å²) in [4.78, 5) is 2.54. The van der Waals surface area contributed by atoms with Gasteiger partial charge in [0.25, 0.3) is 0 Å². The van der Waals surface area contributed by atoms with Crippen LogP contribution in [0.15, 0.2) is 0 Å². The van der Waals surface area contributed by atoms with Crippen molar-refractivity contribution >= 4 is 0 Å². The van der Waals surface area contributed by atoms with Crippen molar-refractivity contribution in [2.45, 2.75) is 57.4 Å². The van der Waals surface area contributed by atoms with Gasteiger partial charge in [0.1, 0.15) is 0 Å². The molecule has 0 saturated heterocycles. The molecular formula is C14H27NO2. The van der Waals surface area contributed by atoms with E-state index in [4.69, 9.17) is 5.11 Å². The van der Waals surface area contributed by atoms with E-state index in [-0.39, 0.29) is 12.0 Å². The fourth-order valence-electron chi connectivity index (χ4n) is 3.34. The second kappa shape index (κ2) is 6.17. The molecule has 0 atom stereocenters. The predicted octanol–water partition coefficient (Wildman–Crippen LogP) is 1.78. The number of aliphatic hydroxyl groups is 2. The lowest BCUT2D eigenvalue weighted by molar-refractivity contribution is 0.0321. The van der Waals surface area contributed by atoms with Crippen molar-refractivity contribution in [2.75, 3.05) is 26.3 Å². The van der Waals surface area contributed by atoms with Gasteiger partial charge in [-0.1, -0.05) is 19.3 Å². The zero-order chi connectivity index (χ0) is 12.1. The number of rotatable bonds is 7. The summed E-state index contributed by atoms with van der Waals surface area (Å²) < 4.78 is 0. The van der Waals surface area contributed by atoms with E-state index < -0.39 is 0 Å². The predicted molar refractivity (Wildman–Crippen MR) is 68.9 cm³/mol. The van der Waals surface area contributed by atoms with Gasteiger partial charge >= 0.3 is 0 Å². The van der Waals surface area contributed by atoms with Gasteiger partial charge in [0.15, 0.2) is 0 Å². The summed E-state index contributed by atoms with van der Waals surface area (Å²) in [5, 5.41) is 18.7. The average molecular weight is 241 g/mol. The zero-order valence-corrected chi connectivity index (χ0v) is 10.9. The molecule has 2 rings (SSSR count). The zero-order valence-electron chi connectivity index (χ0n) is 10.9. The molecule has 17 heavy (non-hydrogen) atoms. The lowest BCUT2D eigenvalue weighted by Crippen LogP contribution is -2.47. The largest absolute Gasteiger partial charge is 0.396 e. The molecule has 0 heterocycles. The van der Waals surface area contributed by atoms with Crippen molar-refractivity contribution in [3.05, 3.63) is 0 Å². The minimum atomic E-state index is 0.172. The van der Waals surface area contributed by atoms with E-state index in [0.717, 1.165) is 25.6 Å². The van der Waals surface area contributed by atoms with Crippen LogP contribution in [0.4, 0.5) is 0 Å². The molecule has 0 aliphatic heterocycles. The number of nitrogens with zero attached hydrogens (tertiary/aromatic N) is 1. The van der Waals surface area contributed by atoms with Gasteiger partial charge < -0.3 is 10.2 Å². The highest BCUT2D eigenvalue weighted by atomic mass is 16.3. The lowest BCUT2D eigenvalue weighted by Gasteiger charge is -2.42. The van der Waals surface area contributed by atoms with E-state index in [1.165, 1.54) is 44.9 Å². The highest BCUT2D eigenvalue weighted by Crippen LogP contribution is 2.40. The van der Waals surface area contributed by atoms with Crippen LogP contribution in [0.5, 0.6) is 0 Å². The van der Waals surface area contributed by atoms with Crippen LogP contribution in [-0.2, 0) is 0 Å². The Morgan fingerprint density at radius 1 is 1.06 bits per heavy atom. The molecule has 0 spiro atoms. The molecule has 0 aromatic carbocycles. The molecule has 0 radical (unpaired) electrons. The first-order chi connectivity index (χ1) is 8.29. The van der Waals surface area contributed by atoms with Gasteiger partial charge in [-0.25, -0.2) is 0 Å². The van der Waals surface area contributed by atoms with Gasteiger partial charge in [-0.05, 0) is 32.1 Å². The number of hydrogen-bond donors (Lipinski definition) is 2. The van der Waals surface area contributed by atoms with Gasteiger partial charge in [0.2, 0.25) is 0 Å². The van der Waals surface area contributed by atoms with Crippen molar-refractivity contribution < 1.29 is 10.2 Å². The van der Waals surface area contributed by atoms with E-state index in [1.54, 1.807) is 0 Å². The van der Waals surface area contributed by atoms with Gasteiger partial charge in [0.05, 0.1) is 0 Å². The Morgan fingerprint density at radius 3 is 2.24 bits per heavy atom. The first-order valence-electron chi connectivity index (χ1n) is 7.25. The van der Waals surface area contributed by atoms with Crippen molar-refractivity contribution in [2.24, 2.45) is 5.41 Å². The topological polar surface area (TPSA) is 43.7 Å². The Kier molecular flexibility index (Phi) is 4.83. The maximum atomic E-state index is 9.69. The molecule has 3 heteroatoms. The van der Waals surface area contributed by atoms with Crippen molar-refractivity contribution in [3.8, 4) is 0 Å². The second-order valence-corrected chi connectivity index (χ2v) is 6.00. The first-order valence-corrected chi connectivity index (χ1v) is 7.25. The smallest absolute Gasteiger partial charge is 0.0499 e. The molecule has 0 bridgehead atoms. The van der Waals surface area contributed by atoms with Crippen LogP contribution in [0.2, 0.25) is 0 Å². The Morgan fingerprint density at radius 2 is 1.76 bits per heavy atom. The van der Waals surface area contributed by atoms with E-state index in [9.17, 15) is 5.11 Å². The molecule has 0 amide bonds. The Balaban J connectivity index is 1.90. The van der Waals surface area contributed by atoms with Crippen LogP contribution in [0, 0.1) is 5.41 Å². The summed E-state index contributed by atoms with van der Waals surface area (Å²) in [7, 11) is 0. The first kappa shape index (κ1) is 13.3. The average Bonchev–Trinajstić information content (AvgIpc) is 2.73. The number of hydrogen-bond acceptors (Lipinski definition) is 3. The molecule has 3 nitrogen and oxygen atoms in total. The molecule has 100 valence electrons. The molecular weight excluding hydrogens is 214 g/mol. The molecule has 0 aromatic heterocycles. The van der Waals surface area contributed by atoms with Crippen LogP contribution in [0.3, 0.4) is 0 Å². The minimum absolute atomic E-state index is 0.172. The Bertz CT molecular complexity index is 222. The summed E-state index contributed by atoms with van der Waals surface area (Å²) in [5.41, 5.74) is 0.172. The molecule has 2 aliphatic carbocycles. The van der Waals surface area contributed by atoms with Crippen LogP contribution < -0.4 is 0 Å². The summed E-state index contributed by atoms with van der Waals surface area (Å²) in [6, 6.07) is 0.727. The maximum absolute atomic E-state index is 9.69. The van der Waals surface area contributed by atoms with E-state index >= 15 is 0 Å². The summed E-state index contributed by atoms with van der Waals surface area (Å²) in [6.07, 6.45) is 9.78. The van der Waals surface area contributed by atoms with Gasteiger partial charge in [0, 0.05) is 37.8 Å². The summed E-state index contributed by atoms with van der Waals surface area (Å²) in [6.45, 7) is 2.68. The fraction of sp³-hybridized carbons (Fsp3) is 1.00. The SMILES string of the molecule is OCCCN(CC1(CO)CCCC1)C1CCC1. The van der Waals surface area contributed by atoms with Crippen molar-refractivity contribution in [3.63, 3.8) is 0 Å². The summed E-state index contributed by atoms with van der Waals surface area (Å²) in [5.74, 6) is 0. The molecule has 2 N–H and O–H groups in total. The molecule has 2 aliphatic rings. The third-order valence-electron chi connectivity index (χ3n) is 4.73. The normalized spacial score (nSPS) is 24.2. The van der Waals surface area contributed by atoms with Gasteiger partial charge in [-0.2, -0.15) is 0 Å². The molecule has 2 fully saturated rings. The van der Waals surface area contributed by atoms with Gasteiger partial charge in [-0.15, -0.1) is 0 Å². The maximum Gasteiger partial charge on any atom is 0.0499 e. The van der Waals surface area contributed by atoms with Crippen molar-refractivity contribution in [1.29, 1.82) is 0 Å². The Hall–Kier alpha value is -0.120. The molecule has 2 saturated carbocycles. The third kappa shape index (κ3) is 3.21. The number of aliphatic hydroxyl groups excluding tert-OH is 2. The van der Waals surface area contributed by atoms with Gasteiger partial charge in [-0.3, -0.25) is 4.90 Å². The van der Waals surface area contributed by atoms with E-state index in [0.29, 0.717) is 6.61 Å². The van der Waals surface area contributed by atoms with Crippen molar-refractivity contribution in [1.82, 2.24) is 4.90 Å². The highest BCUT2D eigenvalue weighted by molar-refractivity contribution is 4.90. The van der Waals surface area contributed by atoms with Crippen LogP contribution in [-0.4, -0.2) is 47.5 Å². The monoisotopic (exact) mass is 241 g/mol. The lowest BCUT2D eigenvalue weighted by atomic mass is 9.83. The minimum Gasteiger partial charge on any atom is -0.396 e. The quantitative estimate of drug-likeness (QED) is 0.714. The second-order valence-electron chi connectivity index (χ2n) is 6.00. The molecule has 0 unspecified atom stereocenters. The standard InChI is InChI=1S/C14H27NO2/c16-10-4-9-15(13-5-3-6-13)11-14(12-17)7-1-2-8-14/h13,16-17H,1-12H2. The summed E-state index contributed by atoms with van der Waals surface area (Å²) >= 11 is 0. The van der Waals surface area contributed by atoms with Crippen LogP contribution in [0.1, 0.15) is 51.4 Å². The fourth-order valence-corrected chi connectivity index (χ4v) is 3.34. The highest BCUT2D eigenvalue weighted by Gasteiger charge is 2.37. The van der Waals surface area contributed by atoms with Crippen LogP contribution >= 0.6 is 0 Å². The van der Waals surface area contributed by atoms with Crippen LogP contribution in [0.25, 0.3) is 0 Å². The van der Waals surface area contributed by atoms with E-state index in [1.807, 2.05) is 0 Å². The third-order valence-corrected chi connectivity index (χ3v) is 4.73. The Labute approximate surface area is 105 Å². The van der Waals surface area contributed by atoms with E-state index in [2.05, 4.69) is 4.90 Å².